The molecule has 1 fully saturated rings. The number of aromatic nitrogens is 4. The molecule has 42 heavy (non-hydrogen) atoms. The number of Topliss-reactive ketones (excluding diaryl/α,β-unsaturated/α-hetero) is 1. The SMILES string of the molecule is CC.CN1CC(C(N)=O)C1.COc1cc2nc(C)ccc2cc1-c1cnc(CCOCCCC(=O)c2cc(C)on2)[nH]1. The molecule has 11 heteroatoms. The molecule has 4 heterocycles. The maximum atomic E-state index is 12.0. The van der Waals surface area contributed by atoms with Gasteiger partial charge >= 0.3 is 0 Å². The zero-order chi connectivity index (χ0) is 30.6. The van der Waals surface area contributed by atoms with E-state index < -0.39 is 0 Å². The van der Waals surface area contributed by atoms with Crippen LogP contribution in [0.4, 0.5) is 0 Å². The second-order valence-corrected chi connectivity index (χ2v) is 9.97. The van der Waals surface area contributed by atoms with Crippen molar-refractivity contribution in [3.8, 4) is 17.0 Å². The molecule has 0 saturated carbocycles. The highest BCUT2D eigenvalue weighted by Crippen LogP contribution is 2.32. The number of nitrogens with one attached hydrogen (secondary N) is 1. The van der Waals surface area contributed by atoms with E-state index in [2.05, 4.69) is 37.1 Å². The van der Waals surface area contributed by atoms with Crippen molar-refractivity contribution >= 4 is 22.6 Å². The number of rotatable bonds is 11. The second kappa shape index (κ2) is 15.8. The van der Waals surface area contributed by atoms with Crippen LogP contribution in [-0.2, 0) is 16.0 Å². The lowest BCUT2D eigenvalue weighted by Gasteiger charge is -2.33. The van der Waals surface area contributed by atoms with Gasteiger partial charge in [0, 0.05) is 61.3 Å². The summed E-state index contributed by atoms with van der Waals surface area (Å²) in [6.45, 7) is 10.4. The van der Waals surface area contributed by atoms with Crippen molar-refractivity contribution in [3.05, 3.63) is 59.5 Å². The summed E-state index contributed by atoms with van der Waals surface area (Å²) in [5, 5.41) is 4.78. The molecule has 0 bridgehead atoms. The first-order chi connectivity index (χ1) is 20.2. The number of aromatic amines is 1. The van der Waals surface area contributed by atoms with Crippen LogP contribution in [0.15, 0.2) is 41.1 Å². The number of aryl methyl sites for hydroxylation is 2. The fourth-order valence-electron chi connectivity index (χ4n) is 4.37. The molecule has 226 valence electrons. The summed E-state index contributed by atoms with van der Waals surface area (Å²) in [7, 11) is 3.62. The molecule has 1 aromatic carbocycles. The van der Waals surface area contributed by atoms with Crippen molar-refractivity contribution in [2.24, 2.45) is 11.7 Å². The zero-order valence-corrected chi connectivity index (χ0v) is 25.4. The van der Waals surface area contributed by atoms with Crippen LogP contribution in [-0.4, -0.2) is 77.2 Å². The number of carbonyl (C=O) groups is 2. The van der Waals surface area contributed by atoms with E-state index in [4.69, 9.17) is 19.7 Å². The molecule has 1 aliphatic heterocycles. The maximum absolute atomic E-state index is 12.0. The summed E-state index contributed by atoms with van der Waals surface area (Å²) in [5.41, 5.74) is 9.05. The average molecular weight is 579 g/mol. The number of ketones is 1. The Kier molecular flexibility index (Phi) is 12.2. The summed E-state index contributed by atoms with van der Waals surface area (Å²) in [6, 6.07) is 9.71. The van der Waals surface area contributed by atoms with Crippen LogP contribution in [0.3, 0.4) is 0 Å². The molecule has 0 unspecified atom stereocenters. The number of benzene rings is 1. The van der Waals surface area contributed by atoms with Crippen LogP contribution in [0.1, 0.15) is 54.5 Å². The first-order valence-corrected chi connectivity index (χ1v) is 14.2. The van der Waals surface area contributed by atoms with Gasteiger partial charge in [-0.2, -0.15) is 0 Å². The molecule has 4 aromatic rings. The van der Waals surface area contributed by atoms with Gasteiger partial charge in [-0.25, -0.2) is 4.98 Å². The summed E-state index contributed by atoms with van der Waals surface area (Å²) in [4.78, 5) is 36.8. The number of fused-ring (bicyclic) bond motifs is 1. The van der Waals surface area contributed by atoms with Gasteiger partial charge in [-0.15, -0.1) is 0 Å². The first kappa shape index (κ1) is 32.4. The average Bonchev–Trinajstić information content (AvgIpc) is 3.63. The number of likely N-dealkylation sites (tertiary alicyclic amines) is 1. The zero-order valence-electron chi connectivity index (χ0n) is 25.4. The molecule has 5 rings (SSSR count). The van der Waals surface area contributed by atoms with E-state index in [1.807, 2.05) is 40.0 Å². The van der Waals surface area contributed by atoms with Crippen molar-refractivity contribution in [2.75, 3.05) is 40.5 Å². The fraction of sp³-hybridized carbons (Fsp3) is 0.452. The molecular weight excluding hydrogens is 536 g/mol. The summed E-state index contributed by atoms with van der Waals surface area (Å²) < 4.78 is 16.2. The van der Waals surface area contributed by atoms with Gasteiger partial charge in [0.15, 0.2) is 5.78 Å². The van der Waals surface area contributed by atoms with E-state index in [9.17, 15) is 9.59 Å². The third kappa shape index (κ3) is 8.95. The fourth-order valence-corrected chi connectivity index (χ4v) is 4.37. The first-order valence-electron chi connectivity index (χ1n) is 14.2. The molecular formula is C31H42N6O5. The normalized spacial score (nSPS) is 13.0. The van der Waals surface area contributed by atoms with Gasteiger partial charge in [-0.1, -0.05) is 25.1 Å². The number of amides is 1. The minimum Gasteiger partial charge on any atom is -0.496 e. The minimum atomic E-state index is -0.164. The molecule has 0 spiro atoms. The summed E-state index contributed by atoms with van der Waals surface area (Å²) >= 11 is 0. The molecule has 3 N–H and O–H groups in total. The van der Waals surface area contributed by atoms with Crippen LogP contribution in [0.5, 0.6) is 5.75 Å². The number of nitrogens with two attached hydrogens (primary N) is 1. The van der Waals surface area contributed by atoms with E-state index in [1.54, 1.807) is 26.3 Å². The number of ether oxygens (including phenoxy) is 2. The van der Waals surface area contributed by atoms with Gasteiger partial charge in [-0.3, -0.25) is 14.6 Å². The third-order valence-electron chi connectivity index (χ3n) is 6.62. The number of carbonyl (C=O) groups excluding carboxylic acids is 2. The maximum Gasteiger partial charge on any atom is 0.223 e. The minimum absolute atomic E-state index is 0.0316. The van der Waals surface area contributed by atoms with Crippen LogP contribution in [0.2, 0.25) is 0 Å². The van der Waals surface area contributed by atoms with Crippen LogP contribution in [0.25, 0.3) is 22.2 Å². The Balaban J connectivity index is 0.000000414. The van der Waals surface area contributed by atoms with Crippen molar-refractivity contribution in [1.82, 2.24) is 25.0 Å². The van der Waals surface area contributed by atoms with Gasteiger partial charge in [0.05, 0.1) is 37.0 Å². The molecule has 1 saturated heterocycles. The smallest absolute Gasteiger partial charge is 0.223 e. The molecule has 1 amide bonds. The number of hydrogen-bond acceptors (Lipinski definition) is 9. The lowest BCUT2D eigenvalue weighted by molar-refractivity contribution is -0.126. The largest absolute Gasteiger partial charge is 0.496 e. The van der Waals surface area contributed by atoms with E-state index in [0.29, 0.717) is 43.9 Å². The number of nitrogens with zero attached hydrogens (tertiary/aromatic N) is 4. The van der Waals surface area contributed by atoms with Gasteiger partial charge in [0.1, 0.15) is 23.0 Å². The third-order valence-corrected chi connectivity index (χ3v) is 6.62. The quantitative estimate of drug-likeness (QED) is 0.193. The standard InChI is InChI=1S/C24H26N4O4.C5H10N2O.C2H6/c1-15-6-7-17-12-18(23(30-3)13-19(17)26-15)21-14-25-24(27-21)8-10-31-9-4-5-22(29)20-11-16(2)32-28-20;1-7-2-4(3-7)5(6)8;1-2/h6-7,11-14H,4-5,8-10H2,1-3H3,(H,25,27);4H,2-3H2,1H3,(H2,6,8);1-2H3. The lowest BCUT2D eigenvalue weighted by Crippen LogP contribution is -2.50. The van der Waals surface area contributed by atoms with E-state index in [-0.39, 0.29) is 17.6 Å². The van der Waals surface area contributed by atoms with Crippen LogP contribution < -0.4 is 10.5 Å². The number of methoxy groups -OCH3 is 1. The van der Waals surface area contributed by atoms with Crippen molar-refractivity contribution in [1.29, 1.82) is 0 Å². The molecule has 0 atom stereocenters. The highest BCUT2D eigenvalue weighted by molar-refractivity contribution is 5.94. The van der Waals surface area contributed by atoms with Crippen LogP contribution in [0, 0.1) is 19.8 Å². The van der Waals surface area contributed by atoms with Crippen LogP contribution >= 0.6 is 0 Å². The monoisotopic (exact) mass is 578 g/mol. The predicted molar refractivity (Wildman–Crippen MR) is 161 cm³/mol. The van der Waals surface area contributed by atoms with E-state index >= 15 is 0 Å². The number of pyridine rings is 1. The van der Waals surface area contributed by atoms with Crippen molar-refractivity contribution in [2.45, 2.75) is 47.0 Å². The van der Waals surface area contributed by atoms with E-state index in [1.165, 1.54) is 0 Å². The second-order valence-electron chi connectivity index (χ2n) is 9.97. The van der Waals surface area contributed by atoms with Gasteiger partial charge in [-0.05, 0) is 39.4 Å². The summed E-state index contributed by atoms with van der Waals surface area (Å²) in [5.74, 6) is 2.14. The van der Waals surface area contributed by atoms with Crippen molar-refractivity contribution in [3.63, 3.8) is 0 Å². The molecule has 3 aromatic heterocycles. The molecule has 0 radical (unpaired) electrons. The Bertz CT molecular complexity index is 1460. The number of primary amides is 1. The van der Waals surface area contributed by atoms with E-state index in [0.717, 1.165) is 52.5 Å². The Morgan fingerprint density at radius 2 is 1.90 bits per heavy atom. The number of hydrogen-bond donors (Lipinski definition) is 2. The van der Waals surface area contributed by atoms with Gasteiger partial charge < -0.3 is 29.6 Å². The predicted octanol–water partition coefficient (Wildman–Crippen LogP) is 4.52. The Hall–Kier alpha value is -4.09. The van der Waals surface area contributed by atoms with Gasteiger partial charge in [0.2, 0.25) is 5.91 Å². The molecule has 1 aliphatic rings. The summed E-state index contributed by atoms with van der Waals surface area (Å²) in [6.07, 6.45) is 3.47. The van der Waals surface area contributed by atoms with Gasteiger partial charge in [0.25, 0.3) is 0 Å². The highest BCUT2D eigenvalue weighted by Gasteiger charge is 2.27. The Labute approximate surface area is 246 Å². The molecule has 11 nitrogen and oxygen atoms in total. The Morgan fingerprint density at radius 1 is 1.14 bits per heavy atom. The Morgan fingerprint density at radius 3 is 2.52 bits per heavy atom. The number of imidazole rings is 1. The topological polar surface area (TPSA) is 149 Å². The molecule has 0 aliphatic carbocycles. The number of H-pyrrole nitrogens is 1. The van der Waals surface area contributed by atoms with Crippen molar-refractivity contribution < 1.29 is 23.6 Å². The lowest BCUT2D eigenvalue weighted by atomic mass is 10.0. The highest BCUT2D eigenvalue weighted by atomic mass is 16.5.